The summed E-state index contributed by atoms with van der Waals surface area (Å²) in [5, 5.41) is 7.25. The zero-order chi connectivity index (χ0) is 21.3. The van der Waals surface area contributed by atoms with Gasteiger partial charge in [0.2, 0.25) is 5.82 Å². The van der Waals surface area contributed by atoms with E-state index < -0.39 is 0 Å². The second-order valence-corrected chi connectivity index (χ2v) is 7.19. The molecule has 7 heteroatoms. The molecule has 2 aromatic carbocycles. The van der Waals surface area contributed by atoms with E-state index in [0.717, 1.165) is 33.7 Å². The largest absolute Gasteiger partial charge is 0.497 e. The molecule has 1 unspecified atom stereocenters. The molecule has 0 saturated heterocycles. The number of hydrogen-bond donors (Lipinski definition) is 1. The number of nitrogens with one attached hydrogen (secondary N) is 1. The van der Waals surface area contributed by atoms with Gasteiger partial charge in [0.15, 0.2) is 0 Å². The molecule has 1 atom stereocenters. The number of rotatable bonds is 5. The smallest absolute Gasteiger partial charge is 0.322 e. The number of urea groups is 1. The number of ether oxygens (including phenoxy) is 1. The van der Waals surface area contributed by atoms with Crippen molar-refractivity contribution in [3.63, 3.8) is 0 Å². The van der Waals surface area contributed by atoms with Gasteiger partial charge in [0.25, 0.3) is 5.89 Å². The van der Waals surface area contributed by atoms with Crippen LogP contribution in [0.1, 0.15) is 36.9 Å². The number of allylic oxidation sites excluding steroid dienone is 1. The van der Waals surface area contributed by atoms with Crippen LogP contribution in [0.2, 0.25) is 0 Å². The Labute approximate surface area is 175 Å². The van der Waals surface area contributed by atoms with Gasteiger partial charge in [-0.25, -0.2) is 4.79 Å². The van der Waals surface area contributed by atoms with Crippen molar-refractivity contribution in [1.29, 1.82) is 0 Å². The summed E-state index contributed by atoms with van der Waals surface area (Å²) < 4.78 is 10.9. The van der Waals surface area contributed by atoms with Crippen LogP contribution in [-0.2, 0) is 0 Å². The van der Waals surface area contributed by atoms with E-state index in [9.17, 15) is 4.79 Å². The summed E-state index contributed by atoms with van der Waals surface area (Å²) in [6, 6.07) is 15.0. The average Bonchev–Trinajstić information content (AvgIpc) is 3.24. The van der Waals surface area contributed by atoms with E-state index in [1.165, 1.54) is 0 Å². The van der Waals surface area contributed by atoms with Crippen LogP contribution in [0.15, 0.2) is 58.8 Å². The second kappa shape index (κ2) is 8.02. The van der Waals surface area contributed by atoms with Gasteiger partial charge < -0.3 is 14.6 Å². The highest BCUT2D eigenvalue weighted by molar-refractivity contribution is 5.86. The van der Waals surface area contributed by atoms with Crippen LogP contribution in [0.25, 0.3) is 17.0 Å². The molecule has 0 bridgehead atoms. The Hall–Kier alpha value is -3.61. The molecule has 1 aliphatic rings. The Morgan fingerprint density at radius 1 is 1.10 bits per heavy atom. The van der Waals surface area contributed by atoms with Gasteiger partial charge in [-0.05, 0) is 50.6 Å². The first-order chi connectivity index (χ1) is 14.5. The molecule has 1 aliphatic heterocycles. The van der Waals surface area contributed by atoms with E-state index in [1.807, 2.05) is 69.3 Å². The molecule has 0 fully saturated rings. The van der Waals surface area contributed by atoms with Gasteiger partial charge in [0.05, 0.1) is 18.7 Å². The van der Waals surface area contributed by atoms with Crippen LogP contribution >= 0.6 is 0 Å². The van der Waals surface area contributed by atoms with Crippen molar-refractivity contribution in [3.8, 4) is 17.1 Å². The van der Waals surface area contributed by atoms with E-state index in [1.54, 1.807) is 12.0 Å². The zero-order valence-corrected chi connectivity index (χ0v) is 17.5. The van der Waals surface area contributed by atoms with Gasteiger partial charge in [-0.3, -0.25) is 4.90 Å². The van der Waals surface area contributed by atoms with Crippen molar-refractivity contribution in [2.45, 2.75) is 26.8 Å². The zero-order valence-electron chi connectivity index (χ0n) is 17.5. The van der Waals surface area contributed by atoms with Gasteiger partial charge in [-0.2, -0.15) is 4.98 Å². The van der Waals surface area contributed by atoms with Gasteiger partial charge >= 0.3 is 6.03 Å². The van der Waals surface area contributed by atoms with Gasteiger partial charge in [-0.15, -0.1) is 0 Å². The molecule has 1 aromatic heterocycles. The number of benzene rings is 2. The lowest BCUT2D eigenvalue weighted by Crippen LogP contribution is -2.45. The summed E-state index contributed by atoms with van der Waals surface area (Å²) in [6.07, 6.45) is 0. The Bertz CT molecular complexity index is 1080. The Morgan fingerprint density at radius 3 is 2.43 bits per heavy atom. The molecule has 0 spiro atoms. The fourth-order valence-corrected chi connectivity index (χ4v) is 3.64. The minimum atomic E-state index is -0.370. The fourth-order valence-electron chi connectivity index (χ4n) is 3.64. The minimum Gasteiger partial charge on any atom is -0.497 e. The summed E-state index contributed by atoms with van der Waals surface area (Å²) >= 11 is 0. The Balaban J connectivity index is 1.78. The van der Waals surface area contributed by atoms with Crippen LogP contribution in [0.4, 0.5) is 4.79 Å². The lowest BCUT2D eigenvalue weighted by atomic mass is 9.94. The average molecular weight is 404 g/mol. The minimum absolute atomic E-state index is 0.140. The van der Waals surface area contributed by atoms with Crippen molar-refractivity contribution in [1.82, 2.24) is 20.4 Å². The molecule has 0 radical (unpaired) electrons. The maximum atomic E-state index is 12.7. The third-order valence-electron chi connectivity index (χ3n) is 5.33. The molecule has 4 rings (SSSR count). The van der Waals surface area contributed by atoms with E-state index in [2.05, 4.69) is 15.5 Å². The summed E-state index contributed by atoms with van der Waals surface area (Å²) in [5.74, 6) is 1.63. The van der Waals surface area contributed by atoms with Crippen molar-refractivity contribution in [3.05, 3.63) is 71.2 Å². The van der Waals surface area contributed by atoms with Gasteiger partial charge in [0, 0.05) is 17.8 Å². The van der Waals surface area contributed by atoms with Crippen LogP contribution in [0.5, 0.6) is 5.75 Å². The Morgan fingerprint density at radius 2 is 1.80 bits per heavy atom. The van der Waals surface area contributed by atoms with Crippen LogP contribution in [0, 0.1) is 6.92 Å². The number of hydrogen-bond acceptors (Lipinski definition) is 5. The maximum absolute atomic E-state index is 12.7. The molecule has 2 heterocycles. The lowest BCUT2D eigenvalue weighted by Gasteiger charge is -2.34. The number of carbonyl (C=O) groups excluding carboxylic acids is 1. The predicted octanol–water partition coefficient (Wildman–Crippen LogP) is 4.57. The monoisotopic (exact) mass is 404 g/mol. The fraction of sp³-hybridized carbons (Fsp3) is 0.261. The third-order valence-corrected chi connectivity index (χ3v) is 5.33. The van der Waals surface area contributed by atoms with Crippen molar-refractivity contribution in [2.75, 3.05) is 13.7 Å². The van der Waals surface area contributed by atoms with E-state index >= 15 is 0 Å². The first-order valence-corrected chi connectivity index (χ1v) is 9.85. The second-order valence-electron chi connectivity index (χ2n) is 7.19. The van der Waals surface area contributed by atoms with Crippen LogP contribution in [0.3, 0.4) is 0 Å². The van der Waals surface area contributed by atoms with E-state index in [0.29, 0.717) is 18.3 Å². The molecule has 154 valence electrons. The summed E-state index contributed by atoms with van der Waals surface area (Å²) in [7, 11) is 1.62. The maximum Gasteiger partial charge on any atom is 0.322 e. The molecule has 30 heavy (non-hydrogen) atoms. The number of aromatic nitrogens is 2. The normalized spacial score (nSPS) is 16.6. The van der Waals surface area contributed by atoms with Crippen molar-refractivity contribution >= 4 is 11.6 Å². The number of aryl methyl sites for hydroxylation is 1. The van der Waals surface area contributed by atoms with Crippen molar-refractivity contribution < 1.29 is 14.1 Å². The summed E-state index contributed by atoms with van der Waals surface area (Å²) in [6.45, 7) is 6.42. The van der Waals surface area contributed by atoms with E-state index in [-0.39, 0.29) is 12.1 Å². The molecular formula is C23H24N4O3. The quantitative estimate of drug-likeness (QED) is 0.674. The van der Waals surface area contributed by atoms with Crippen molar-refractivity contribution in [2.24, 2.45) is 0 Å². The molecule has 7 nitrogen and oxygen atoms in total. The highest BCUT2D eigenvalue weighted by Crippen LogP contribution is 2.37. The number of methoxy groups -OCH3 is 1. The summed E-state index contributed by atoms with van der Waals surface area (Å²) in [4.78, 5) is 19.0. The molecule has 3 aromatic rings. The Kier molecular flexibility index (Phi) is 5.27. The SMILES string of the molecule is CCN1C(=O)NC(c2ccc(C)cc2)C(c2nc(-c3ccc(OC)cc3)no2)=C1C. The highest BCUT2D eigenvalue weighted by atomic mass is 16.5. The molecule has 0 saturated carbocycles. The van der Waals surface area contributed by atoms with Gasteiger partial charge in [0.1, 0.15) is 5.75 Å². The topological polar surface area (TPSA) is 80.5 Å². The number of nitrogens with zero attached hydrogens (tertiary/aromatic N) is 3. The third kappa shape index (κ3) is 3.54. The van der Waals surface area contributed by atoms with E-state index in [4.69, 9.17) is 9.26 Å². The molecule has 0 aliphatic carbocycles. The van der Waals surface area contributed by atoms with Crippen LogP contribution < -0.4 is 10.1 Å². The first-order valence-electron chi connectivity index (χ1n) is 9.85. The molecular weight excluding hydrogens is 380 g/mol. The first kappa shape index (κ1) is 19.7. The standard InChI is InChI=1S/C23H24N4O3/c1-5-27-15(3)19(20(24-23(27)28)16-8-6-14(2)7-9-16)22-25-21(26-30-22)17-10-12-18(29-4)13-11-17/h6-13,20H,5H2,1-4H3,(H,24,28). The van der Waals surface area contributed by atoms with Crippen LogP contribution in [-0.4, -0.2) is 34.7 Å². The number of amides is 2. The number of carbonyl (C=O) groups is 1. The molecule has 2 amide bonds. The lowest BCUT2D eigenvalue weighted by molar-refractivity contribution is 0.207. The predicted molar refractivity (Wildman–Crippen MR) is 114 cm³/mol. The summed E-state index contributed by atoms with van der Waals surface area (Å²) in [5.41, 5.74) is 4.54. The molecule has 1 N–H and O–H groups in total. The highest BCUT2D eigenvalue weighted by Gasteiger charge is 2.35. The van der Waals surface area contributed by atoms with Gasteiger partial charge in [-0.1, -0.05) is 35.0 Å².